The molecule has 0 N–H and O–H groups in total. The highest BCUT2D eigenvalue weighted by atomic mass is 15.1. The molecule has 14 rings (SSSR count). The highest BCUT2D eigenvalue weighted by molar-refractivity contribution is 6.17. The molecular formula is C74H50N2. The van der Waals surface area contributed by atoms with Crippen molar-refractivity contribution in [2.45, 2.75) is 0 Å². The number of fused-ring (bicyclic) bond motifs is 5. The largest absolute Gasteiger partial charge is 0.310 e. The van der Waals surface area contributed by atoms with Crippen LogP contribution in [0.25, 0.3) is 98.4 Å². The number of anilines is 6. The van der Waals surface area contributed by atoms with E-state index in [-0.39, 0.29) is 0 Å². The van der Waals surface area contributed by atoms with E-state index in [1.807, 2.05) is 0 Å². The van der Waals surface area contributed by atoms with Crippen LogP contribution in [0.4, 0.5) is 34.1 Å². The number of rotatable bonds is 10. The third-order valence-electron chi connectivity index (χ3n) is 15.2. The lowest BCUT2D eigenvalue weighted by molar-refractivity contribution is 1.29. The van der Waals surface area contributed by atoms with Crippen molar-refractivity contribution in [3.8, 4) is 44.5 Å². The molecule has 0 atom stereocenters. The van der Waals surface area contributed by atoms with Gasteiger partial charge in [-0.25, -0.2) is 0 Å². The molecule has 0 saturated heterocycles. The first-order valence-corrected chi connectivity index (χ1v) is 26.2. The van der Waals surface area contributed by atoms with Gasteiger partial charge in [0.15, 0.2) is 0 Å². The lowest BCUT2D eigenvalue weighted by Crippen LogP contribution is -2.10. The van der Waals surface area contributed by atoms with E-state index >= 15 is 0 Å². The molecule has 0 spiro atoms. The minimum absolute atomic E-state index is 1.08. The number of para-hydroxylation sites is 1. The van der Waals surface area contributed by atoms with Crippen molar-refractivity contribution in [2.24, 2.45) is 0 Å². The summed E-state index contributed by atoms with van der Waals surface area (Å²) in [5.41, 5.74) is 16.2. The van der Waals surface area contributed by atoms with Gasteiger partial charge in [0.1, 0.15) is 0 Å². The van der Waals surface area contributed by atoms with E-state index in [0.717, 1.165) is 50.8 Å². The summed E-state index contributed by atoms with van der Waals surface area (Å²) in [6.45, 7) is 0. The van der Waals surface area contributed by atoms with Gasteiger partial charge in [-0.3, -0.25) is 0 Å². The lowest BCUT2D eigenvalue weighted by atomic mass is 9.85. The maximum atomic E-state index is 2.43. The molecule has 14 aromatic rings. The topological polar surface area (TPSA) is 6.48 Å². The predicted molar refractivity (Wildman–Crippen MR) is 325 cm³/mol. The van der Waals surface area contributed by atoms with Crippen molar-refractivity contribution in [3.63, 3.8) is 0 Å². The minimum atomic E-state index is 1.08. The number of nitrogens with zero attached hydrogens (tertiary/aromatic N) is 2. The van der Waals surface area contributed by atoms with Gasteiger partial charge in [-0.15, -0.1) is 0 Å². The van der Waals surface area contributed by atoms with Crippen LogP contribution in [-0.2, 0) is 0 Å². The third kappa shape index (κ3) is 7.92. The first-order valence-electron chi connectivity index (χ1n) is 26.2. The van der Waals surface area contributed by atoms with Crippen molar-refractivity contribution in [2.75, 3.05) is 9.80 Å². The second kappa shape index (κ2) is 19.1. The van der Waals surface area contributed by atoms with E-state index in [1.165, 1.54) is 81.7 Å². The highest BCUT2D eigenvalue weighted by Crippen LogP contribution is 2.47. The SMILES string of the molecule is c1ccc(N(c2ccc(-c3ccc(N(c4cccc(-c5ccc(-c6cccc7ccccc67)c6c(-c7cccc8ccccc78)cccc56)c4)c4cccc5ccccc45)cc3)cc2)c2cccc3ccccc23)cc1. The molecule has 14 aromatic carbocycles. The van der Waals surface area contributed by atoms with Crippen molar-refractivity contribution < 1.29 is 0 Å². The standard InChI is InChI=1S/C74H50N2/c1-2-27-58(28-3-1)75(72-38-15-24-55-20-6-10-32-65(55)72)59-44-40-51(41-45-59)52-42-46-60(47-43-52)76(73-39-16-25-56-21-7-11-33-66(56)73)61-29-12-26-57(50-61)64-48-49-71(68-35-14-23-54-19-5-9-31-63(54)68)74-69(64)36-17-37-70(74)67-34-13-22-53-18-4-8-30-62(53)67/h1-50H. The summed E-state index contributed by atoms with van der Waals surface area (Å²) in [5, 5.41) is 12.2. The summed E-state index contributed by atoms with van der Waals surface area (Å²) in [4.78, 5) is 4.78. The number of hydrogen-bond acceptors (Lipinski definition) is 2. The van der Waals surface area contributed by atoms with Gasteiger partial charge in [0.2, 0.25) is 0 Å². The fourth-order valence-electron chi connectivity index (χ4n) is 11.7. The molecule has 0 saturated carbocycles. The average molecular weight is 967 g/mol. The van der Waals surface area contributed by atoms with E-state index in [9.17, 15) is 0 Å². The average Bonchev–Trinajstić information content (AvgIpc) is 3.55. The maximum absolute atomic E-state index is 2.43. The van der Waals surface area contributed by atoms with Crippen LogP contribution in [0, 0.1) is 0 Å². The molecule has 0 unspecified atom stereocenters. The Morgan fingerprint density at radius 2 is 0.539 bits per heavy atom. The van der Waals surface area contributed by atoms with Crippen LogP contribution in [0.2, 0.25) is 0 Å². The summed E-state index contributed by atoms with van der Waals surface area (Å²) >= 11 is 0. The van der Waals surface area contributed by atoms with E-state index in [1.54, 1.807) is 0 Å². The molecule has 2 nitrogen and oxygen atoms in total. The normalized spacial score (nSPS) is 11.4. The first kappa shape index (κ1) is 44.7. The van der Waals surface area contributed by atoms with E-state index in [4.69, 9.17) is 0 Å². The fraction of sp³-hybridized carbons (Fsp3) is 0. The molecule has 2 heteroatoms. The predicted octanol–water partition coefficient (Wildman–Crippen LogP) is 21.1. The van der Waals surface area contributed by atoms with Gasteiger partial charge in [-0.1, -0.05) is 243 Å². The van der Waals surface area contributed by atoms with Crippen molar-refractivity contribution >= 4 is 88.0 Å². The van der Waals surface area contributed by atoms with Crippen LogP contribution in [0.3, 0.4) is 0 Å². The van der Waals surface area contributed by atoms with Gasteiger partial charge in [0, 0.05) is 33.5 Å². The second-order valence-corrected chi connectivity index (χ2v) is 19.6. The third-order valence-corrected chi connectivity index (χ3v) is 15.2. The van der Waals surface area contributed by atoms with Crippen LogP contribution in [0.1, 0.15) is 0 Å². The summed E-state index contributed by atoms with van der Waals surface area (Å²) in [6, 6.07) is 111. The number of hydrogen-bond donors (Lipinski definition) is 0. The Hall–Kier alpha value is -10.0. The first-order chi connectivity index (χ1) is 37.7. The van der Waals surface area contributed by atoms with Gasteiger partial charge in [-0.2, -0.15) is 0 Å². The Morgan fingerprint density at radius 3 is 1.09 bits per heavy atom. The van der Waals surface area contributed by atoms with Crippen molar-refractivity contribution in [1.29, 1.82) is 0 Å². The van der Waals surface area contributed by atoms with Crippen LogP contribution in [-0.4, -0.2) is 0 Å². The minimum Gasteiger partial charge on any atom is -0.310 e. The molecular weight excluding hydrogens is 917 g/mol. The molecule has 0 aliphatic heterocycles. The molecule has 76 heavy (non-hydrogen) atoms. The van der Waals surface area contributed by atoms with Gasteiger partial charge < -0.3 is 9.80 Å². The molecule has 0 aliphatic rings. The van der Waals surface area contributed by atoms with E-state index in [0.29, 0.717) is 0 Å². The van der Waals surface area contributed by atoms with Crippen molar-refractivity contribution in [1.82, 2.24) is 0 Å². The maximum Gasteiger partial charge on any atom is 0.0540 e. The zero-order chi connectivity index (χ0) is 50.4. The molecule has 0 heterocycles. The van der Waals surface area contributed by atoms with Crippen LogP contribution in [0.15, 0.2) is 303 Å². The van der Waals surface area contributed by atoms with Crippen molar-refractivity contribution in [3.05, 3.63) is 303 Å². The van der Waals surface area contributed by atoms with Gasteiger partial charge in [0.25, 0.3) is 0 Å². The summed E-state index contributed by atoms with van der Waals surface area (Å²) in [5.74, 6) is 0. The van der Waals surface area contributed by atoms with Crippen LogP contribution in [0.5, 0.6) is 0 Å². The summed E-state index contributed by atoms with van der Waals surface area (Å²) in [7, 11) is 0. The molecule has 356 valence electrons. The second-order valence-electron chi connectivity index (χ2n) is 19.6. The summed E-state index contributed by atoms with van der Waals surface area (Å²) < 4.78 is 0. The molecule has 0 aromatic heterocycles. The van der Waals surface area contributed by atoms with Gasteiger partial charge >= 0.3 is 0 Å². The zero-order valence-electron chi connectivity index (χ0n) is 41.8. The fourth-order valence-corrected chi connectivity index (χ4v) is 11.7. The smallest absolute Gasteiger partial charge is 0.0540 e. The highest BCUT2D eigenvalue weighted by Gasteiger charge is 2.21. The van der Waals surface area contributed by atoms with Gasteiger partial charge in [-0.05, 0) is 148 Å². The monoisotopic (exact) mass is 966 g/mol. The Bertz CT molecular complexity index is 4360. The molecule has 0 amide bonds. The zero-order valence-corrected chi connectivity index (χ0v) is 41.8. The molecule has 0 aliphatic carbocycles. The Kier molecular flexibility index (Phi) is 11.2. The Balaban J connectivity index is 0.887. The quantitative estimate of drug-likeness (QED) is 0.135. The molecule has 0 fully saturated rings. The van der Waals surface area contributed by atoms with Gasteiger partial charge in [0.05, 0.1) is 11.4 Å². The number of benzene rings is 14. The van der Waals surface area contributed by atoms with E-state index < -0.39 is 0 Å². The Morgan fingerprint density at radius 1 is 0.184 bits per heavy atom. The summed E-state index contributed by atoms with van der Waals surface area (Å²) in [6.07, 6.45) is 0. The molecule has 0 radical (unpaired) electrons. The van der Waals surface area contributed by atoms with E-state index in [2.05, 4.69) is 313 Å². The van der Waals surface area contributed by atoms with Crippen LogP contribution >= 0.6 is 0 Å². The Labute approximate surface area is 443 Å². The molecule has 0 bridgehead atoms. The lowest BCUT2D eigenvalue weighted by Gasteiger charge is -2.28. The van der Waals surface area contributed by atoms with Crippen LogP contribution < -0.4 is 9.80 Å².